The van der Waals surface area contributed by atoms with Crippen LogP contribution in [0.2, 0.25) is 5.15 Å². The van der Waals surface area contributed by atoms with Gasteiger partial charge in [0.05, 0.1) is 5.92 Å². The highest BCUT2D eigenvalue weighted by molar-refractivity contribution is 6.29. The summed E-state index contributed by atoms with van der Waals surface area (Å²) in [5, 5.41) is 20.9. The lowest BCUT2D eigenvalue weighted by atomic mass is 9.61. The van der Waals surface area contributed by atoms with E-state index in [9.17, 15) is 9.90 Å². The highest BCUT2D eigenvalue weighted by Crippen LogP contribution is 2.45. The topological polar surface area (TPSA) is 75.1 Å². The zero-order valence-corrected chi connectivity index (χ0v) is 12.7. The van der Waals surface area contributed by atoms with E-state index in [1.54, 1.807) is 12.1 Å². The van der Waals surface area contributed by atoms with Crippen molar-refractivity contribution in [3.8, 4) is 0 Å². The smallest absolute Gasteiger partial charge is 0.307 e. The van der Waals surface area contributed by atoms with E-state index in [2.05, 4.69) is 22.4 Å². The molecule has 20 heavy (non-hydrogen) atoms. The largest absolute Gasteiger partial charge is 0.481 e. The molecule has 1 heterocycles. The lowest BCUT2D eigenvalue weighted by Crippen LogP contribution is -2.48. The second-order valence-corrected chi connectivity index (χ2v) is 6.46. The molecule has 2 rings (SSSR count). The molecule has 0 spiro atoms. The van der Waals surface area contributed by atoms with Crippen LogP contribution in [0.1, 0.15) is 33.6 Å². The Morgan fingerprint density at radius 2 is 2.10 bits per heavy atom. The molecule has 6 heteroatoms. The van der Waals surface area contributed by atoms with Gasteiger partial charge in [0.25, 0.3) is 0 Å². The molecule has 5 nitrogen and oxygen atoms in total. The molecule has 0 amide bonds. The molecule has 3 atom stereocenters. The molecule has 110 valence electrons. The third kappa shape index (κ3) is 2.87. The summed E-state index contributed by atoms with van der Waals surface area (Å²) in [7, 11) is 0. The number of carboxylic acids is 1. The van der Waals surface area contributed by atoms with E-state index in [1.807, 2.05) is 13.8 Å². The molecule has 0 aromatic carbocycles. The number of carboxylic acid groups (broad SMARTS) is 1. The third-order valence-electron chi connectivity index (χ3n) is 4.70. The van der Waals surface area contributed by atoms with Crippen LogP contribution < -0.4 is 5.32 Å². The number of halogens is 1. The Balaban J connectivity index is 2.11. The van der Waals surface area contributed by atoms with Gasteiger partial charge in [-0.1, -0.05) is 32.4 Å². The van der Waals surface area contributed by atoms with Crippen LogP contribution >= 0.6 is 11.6 Å². The van der Waals surface area contributed by atoms with Gasteiger partial charge in [0.1, 0.15) is 5.82 Å². The van der Waals surface area contributed by atoms with Crippen LogP contribution in [0.3, 0.4) is 0 Å². The van der Waals surface area contributed by atoms with Crippen molar-refractivity contribution in [2.24, 2.45) is 17.3 Å². The summed E-state index contributed by atoms with van der Waals surface area (Å²) in [6.07, 6.45) is 1.48. The maximum atomic E-state index is 11.4. The Labute approximate surface area is 123 Å². The van der Waals surface area contributed by atoms with E-state index < -0.39 is 5.97 Å². The first-order valence-electron chi connectivity index (χ1n) is 6.81. The van der Waals surface area contributed by atoms with E-state index in [0.717, 1.165) is 6.42 Å². The van der Waals surface area contributed by atoms with Crippen LogP contribution in [0.15, 0.2) is 12.1 Å². The van der Waals surface area contributed by atoms with Crippen LogP contribution in [0.5, 0.6) is 0 Å². The minimum atomic E-state index is -0.702. The van der Waals surface area contributed by atoms with Gasteiger partial charge in [0.15, 0.2) is 5.15 Å². The van der Waals surface area contributed by atoms with Crippen LogP contribution in [-0.4, -0.2) is 27.3 Å². The van der Waals surface area contributed by atoms with Crippen molar-refractivity contribution < 1.29 is 9.90 Å². The van der Waals surface area contributed by atoms with Crippen molar-refractivity contribution in [2.75, 3.05) is 5.32 Å². The number of carbonyl (C=O) groups is 1. The van der Waals surface area contributed by atoms with E-state index in [4.69, 9.17) is 11.6 Å². The molecule has 1 aliphatic carbocycles. The predicted octanol–water partition coefficient (Wildman–Crippen LogP) is 3.07. The summed E-state index contributed by atoms with van der Waals surface area (Å²) < 4.78 is 0. The molecule has 0 aliphatic heterocycles. The Kier molecular flexibility index (Phi) is 4.18. The maximum absolute atomic E-state index is 11.4. The maximum Gasteiger partial charge on any atom is 0.307 e. The van der Waals surface area contributed by atoms with E-state index in [1.165, 1.54) is 0 Å². The standard InChI is InChI=1S/C14H20ClN3O2/c1-8-10(16-12-7-6-11(15)17-18-12)5-4-9(13(19)20)14(8,2)3/h6-10H,4-5H2,1-3H3,(H,16,18)(H,19,20). The molecular weight excluding hydrogens is 278 g/mol. The Morgan fingerprint density at radius 3 is 2.65 bits per heavy atom. The SMILES string of the molecule is CC1C(Nc2ccc(Cl)nn2)CCC(C(=O)O)C1(C)C. The average molecular weight is 298 g/mol. The van der Waals surface area contributed by atoms with Gasteiger partial charge in [0.2, 0.25) is 0 Å². The summed E-state index contributed by atoms with van der Waals surface area (Å²) >= 11 is 5.72. The molecule has 3 unspecified atom stereocenters. The first kappa shape index (κ1) is 15.0. The monoisotopic (exact) mass is 297 g/mol. The van der Waals surface area contributed by atoms with Gasteiger partial charge >= 0.3 is 5.97 Å². The molecule has 0 radical (unpaired) electrons. The Morgan fingerprint density at radius 1 is 1.40 bits per heavy atom. The summed E-state index contributed by atoms with van der Waals surface area (Å²) in [6.45, 7) is 6.14. The van der Waals surface area contributed by atoms with E-state index >= 15 is 0 Å². The van der Waals surface area contributed by atoms with Gasteiger partial charge in [-0.15, -0.1) is 10.2 Å². The highest BCUT2D eigenvalue weighted by atomic mass is 35.5. The number of rotatable bonds is 3. The molecular formula is C14H20ClN3O2. The third-order valence-corrected chi connectivity index (χ3v) is 4.91. The molecule has 1 aromatic rings. The van der Waals surface area contributed by atoms with Crippen LogP contribution in [0, 0.1) is 17.3 Å². The highest BCUT2D eigenvalue weighted by Gasteiger charge is 2.46. The number of nitrogens with zero attached hydrogens (tertiary/aromatic N) is 2. The van der Waals surface area contributed by atoms with E-state index in [-0.39, 0.29) is 23.3 Å². The zero-order valence-electron chi connectivity index (χ0n) is 11.9. The minimum absolute atomic E-state index is 0.191. The number of nitrogens with one attached hydrogen (secondary N) is 1. The van der Waals surface area contributed by atoms with Gasteiger partial charge < -0.3 is 10.4 Å². The van der Waals surface area contributed by atoms with Crippen molar-refractivity contribution in [3.63, 3.8) is 0 Å². The van der Waals surface area contributed by atoms with Crippen LogP contribution in [0.4, 0.5) is 5.82 Å². The molecule has 0 saturated heterocycles. The first-order chi connectivity index (χ1) is 9.32. The molecule has 1 saturated carbocycles. The van der Waals surface area contributed by atoms with Crippen molar-refractivity contribution in [1.29, 1.82) is 0 Å². The lowest BCUT2D eigenvalue weighted by Gasteiger charge is -2.46. The quantitative estimate of drug-likeness (QED) is 0.897. The average Bonchev–Trinajstić information content (AvgIpc) is 2.37. The van der Waals surface area contributed by atoms with Gasteiger partial charge in [-0.05, 0) is 36.3 Å². The van der Waals surface area contributed by atoms with Gasteiger partial charge in [-0.3, -0.25) is 4.79 Å². The van der Waals surface area contributed by atoms with Crippen molar-refractivity contribution >= 4 is 23.4 Å². The van der Waals surface area contributed by atoms with Crippen molar-refractivity contribution in [3.05, 3.63) is 17.3 Å². The molecule has 1 aromatic heterocycles. The second kappa shape index (κ2) is 5.56. The van der Waals surface area contributed by atoms with Crippen molar-refractivity contribution in [2.45, 2.75) is 39.7 Å². The fourth-order valence-corrected chi connectivity index (χ4v) is 3.13. The fraction of sp³-hybridized carbons (Fsp3) is 0.643. The normalized spacial score (nSPS) is 28.9. The number of aromatic nitrogens is 2. The molecule has 1 aliphatic rings. The number of hydrogen-bond donors (Lipinski definition) is 2. The minimum Gasteiger partial charge on any atom is -0.481 e. The number of anilines is 1. The van der Waals surface area contributed by atoms with Crippen LogP contribution in [0.25, 0.3) is 0 Å². The summed E-state index contributed by atoms with van der Waals surface area (Å²) in [5.74, 6) is -0.107. The Hall–Kier alpha value is -1.36. The van der Waals surface area contributed by atoms with Gasteiger partial charge in [-0.25, -0.2) is 0 Å². The predicted molar refractivity (Wildman–Crippen MR) is 77.8 cm³/mol. The number of hydrogen-bond acceptors (Lipinski definition) is 4. The Bertz CT molecular complexity index is 490. The number of aliphatic carboxylic acids is 1. The lowest BCUT2D eigenvalue weighted by molar-refractivity contribution is -0.149. The van der Waals surface area contributed by atoms with Gasteiger partial charge in [0, 0.05) is 6.04 Å². The summed E-state index contributed by atoms with van der Waals surface area (Å²) in [4.78, 5) is 11.4. The first-order valence-corrected chi connectivity index (χ1v) is 7.18. The molecule has 1 fully saturated rings. The zero-order chi connectivity index (χ0) is 14.9. The fourth-order valence-electron chi connectivity index (χ4n) is 3.03. The van der Waals surface area contributed by atoms with Crippen LogP contribution in [-0.2, 0) is 4.79 Å². The van der Waals surface area contributed by atoms with Crippen molar-refractivity contribution in [1.82, 2.24) is 10.2 Å². The summed E-state index contributed by atoms with van der Waals surface area (Å²) in [5.41, 5.74) is -0.262. The van der Waals surface area contributed by atoms with E-state index in [0.29, 0.717) is 17.4 Å². The summed E-state index contributed by atoms with van der Waals surface area (Å²) in [6, 6.07) is 3.67. The van der Waals surface area contributed by atoms with Gasteiger partial charge in [-0.2, -0.15) is 0 Å². The molecule has 2 N–H and O–H groups in total. The molecule has 0 bridgehead atoms. The second-order valence-electron chi connectivity index (χ2n) is 6.07.